The average Bonchev–Trinajstić information content (AvgIpc) is 3.15. The number of nitrogens with one attached hydrogen (secondary N) is 1. The number of carbonyl (C=O) groups is 1. The first kappa shape index (κ1) is 17.3. The largest absolute Gasteiger partial charge is 0.497 e. The van der Waals surface area contributed by atoms with Gasteiger partial charge in [-0.25, -0.2) is 0 Å². The van der Waals surface area contributed by atoms with Crippen molar-refractivity contribution in [2.75, 3.05) is 31.6 Å². The van der Waals surface area contributed by atoms with Gasteiger partial charge in [0.25, 0.3) is 0 Å². The summed E-state index contributed by atoms with van der Waals surface area (Å²) < 4.78 is 5.22. The minimum Gasteiger partial charge on any atom is -0.497 e. The summed E-state index contributed by atoms with van der Waals surface area (Å²) in [5.41, 5.74) is 2.40. The molecule has 1 unspecified atom stereocenters. The zero-order valence-corrected chi connectivity index (χ0v) is 14.8. The Bertz CT molecular complexity index is 687. The third-order valence-electron chi connectivity index (χ3n) is 4.77. The number of hydrogen-bond acceptors (Lipinski definition) is 3. The lowest BCUT2D eigenvalue weighted by molar-refractivity contribution is -0.121. The number of hydrogen-bond donors (Lipinski definition) is 1. The number of rotatable bonds is 7. The van der Waals surface area contributed by atoms with Crippen molar-refractivity contribution in [1.82, 2.24) is 5.32 Å². The molecule has 4 heteroatoms. The maximum atomic E-state index is 12.1. The second-order valence-electron chi connectivity index (χ2n) is 6.59. The SMILES string of the molecule is COc1cccc(CCC(=O)NCC2CCN(c3ccccc3)C2)c1. The van der Waals surface area contributed by atoms with Gasteiger partial charge in [-0.2, -0.15) is 0 Å². The number of ether oxygens (including phenoxy) is 1. The maximum Gasteiger partial charge on any atom is 0.220 e. The molecule has 0 radical (unpaired) electrons. The predicted octanol–water partition coefficient (Wildman–Crippen LogP) is 3.27. The van der Waals surface area contributed by atoms with Gasteiger partial charge < -0.3 is 15.0 Å². The van der Waals surface area contributed by atoms with Crippen molar-refractivity contribution < 1.29 is 9.53 Å². The van der Waals surface area contributed by atoms with Gasteiger partial charge >= 0.3 is 0 Å². The zero-order valence-electron chi connectivity index (χ0n) is 14.8. The predicted molar refractivity (Wildman–Crippen MR) is 101 cm³/mol. The quantitative estimate of drug-likeness (QED) is 0.842. The van der Waals surface area contributed by atoms with E-state index in [1.54, 1.807) is 7.11 Å². The van der Waals surface area contributed by atoms with Crippen molar-refractivity contribution in [2.45, 2.75) is 19.3 Å². The van der Waals surface area contributed by atoms with Crippen molar-refractivity contribution in [3.05, 3.63) is 60.2 Å². The summed E-state index contributed by atoms with van der Waals surface area (Å²) in [6, 6.07) is 18.4. The minimum atomic E-state index is 0.126. The minimum absolute atomic E-state index is 0.126. The lowest BCUT2D eigenvalue weighted by Gasteiger charge is -2.18. The smallest absolute Gasteiger partial charge is 0.220 e. The van der Waals surface area contributed by atoms with Crippen LogP contribution in [0.1, 0.15) is 18.4 Å². The van der Waals surface area contributed by atoms with Gasteiger partial charge in [-0.15, -0.1) is 0 Å². The maximum absolute atomic E-state index is 12.1. The molecule has 1 N–H and O–H groups in total. The first-order chi connectivity index (χ1) is 12.2. The standard InChI is InChI=1S/C21H26N2O2/c1-25-20-9-5-6-17(14-20)10-11-21(24)22-15-18-12-13-23(16-18)19-7-3-2-4-8-19/h2-9,14,18H,10-13,15-16H2,1H3,(H,22,24). The van der Waals surface area contributed by atoms with Crippen LogP contribution in [0.2, 0.25) is 0 Å². The van der Waals surface area contributed by atoms with Crippen molar-refractivity contribution in [3.63, 3.8) is 0 Å². The Hall–Kier alpha value is -2.49. The Labute approximate surface area is 149 Å². The number of aryl methyl sites for hydroxylation is 1. The van der Waals surface area contributed by atoms with Crippen molar-refractivity contribution >= 4 is 11.6 Å². The van der Waals surface area contributed by atoms with Gasteiger partial charge in [-0.3, -0.25) is 4.79 Å². The number of benzene rings is 2. The van der Waals surface area contributed by atoms with E-state index in [4.69, 9.17) is 4.74 Å². The fourth-order valence-electron chi connectivity index (χ4n) is 3.30. The van der Waals surface area contributed by atoms with E-state index in [1.807, 2.05) is 30.3 Å². The summed E-state index contributed by atoms with van der Waals surface area (Å²) in [6.45, 7) is 2.84. The Morgan fingerprint density at radius 2 is 2.04 bits per heavy atom. The number of anilines is 1. The molecule has 1 saturated heterocycles. The van der Waals surface area contributed by atoms with Gasteiger partial charge in [0.1, 0.15) is 5.75 Å². The van der Waals surface area contributed by atoms with Crippen LogP contribution in [0.15, 0.2) is 54.6 Å². The molecule has 1 heterocycles. The highest BCUT2D eigenvalue weighted by Gasteiger charge is 2.22. The molecule has 0 aromatic heterocycles. The van der Waals surface area contributed by atoms with E-state index in [9.17, 15) is 4.79 Å². The van der Waals surface area contributed by atoms with Crippen LogP contribution < -0.4 is 15.0 Å². The highest BCUT2D eigenvalue weighted by atomic mass is 16.5. The summed E-state index contributed by atoms with van der Waals surface area (Å²) >= 11 is 0. The Morgan fingerprint density at radius 3 is 2.84 bits per heavy atom. The molecule has 1 amide bonds. The fourth-order valence-corrected chi connectivity index (χ4v) is 3.30. The number of methoxy groups -OCH3 is 1. The molecule has 1 atom stereocenters. The first-order valence-corrected chi connectivity index (χ1v) is 8.94. The lowest BCUT2D eigenvalue weighted by Crippen LogP contribution is -2.31. The van der Waals surface area contributed by atoms with Crippen LogP contribution in [0.4, 0.5) is 5.69 Å². The molecule has 25 heavy (non-hydrogen) atoms. The van der Waals surface area contributed by atoms with Crippen LogP contribution in [0.3, 0.4) is 0 Å². The van der Waals surface area contributed by atoms with E-state index in [0.29, 0.717) is 12.3 Å². The van der Waals surface area contributed by atoms with Crippen LogP contribution in [0, 0.1) is 5.92 Å². The fraction of sp³-hybridized carbons (Fsp3) is 0.381. The summed E-state index contributed by atoms with van der Waals surface area (Å²) in [4.78, 5) is 14.5. The van der Waals surface area contributed by atoms with Gasteiger partial charge in [0.15, 0.2) is 0 Å². The van der Waals surface area contributed by atoms with Gasteiger partial charge in [0, 0.05) is 31.7 Å². The van der Waals surface area contributed by atoms with Crippen LogP contribution in [0.5, 0.6) is 5.75 Å². The molecule has 0 bridgehead atoms. The molecule has 2 aromatic rings. The highest BCUT2D eigenvalue weighted by molar-refractivity contribution is 5.76. The molecule has 0 spiro atoms. The van der Waals surface area contributed by atoms with Crippen LogP contribution >= 0.6 is 0 Å². The average molecular weight is 338 g/mol. The molecule has 1 aliphatic heterocycles. The normalized spacial score (nSPS) is 16.7. The van der Waals surface area contributed by atoms with Crippen LogP contribution in [-0.2, 0) is 11.2 Å². The van der Waals surface area contributed by atoms with E-state index in [0.717, 1.165) is 43.8 Å². The molecule has 1 fully saturated rings. The summed E-state index contributed by atoms with van der Waals surface area (Å²) in [7, 11) is 1.66. The number of nitrogens with zero attached hydrogens (tertiary/aromatic N) is 1. The molecule has 0 aliphatic carbocycles. The second-order valence-corrected chi connectivity index (χ2v) is 6.59. The van der Waals surface area contributed by atoms with E-state index in [2.05, 4.69) is 34.5 Å². The van der Waals surface area contributed by atoms with Crippen molar-refractivity contribution in [1.29, 1.82) is 0 Å². The Morgan fingerprint density at radius 1 is 1.20 bits per heavy atom. The second kappa shape index (κ2) is 8.56. The lowest BCUT2D eigenvalue weighted by atomic mass is 10.1. The Balaban J connectivity index is 1.39. The Kier molecular flexibility index (Phi) is 5.94. The van der Waals surface area contributed by atoms with E-state index in [-0.39, 0.29) is 5.91 Å². The van der Waals surface area contributed by atoms with Gasteiger partial charge in [0.05, 0.1) is 7.11 Å². The third kappa shape index (κ3) is 4.99. The van der Waals surface area contributed by atoms with Gasteiger partial charge in [-0.05, 0) is 48.6 Å². The van der Waals surface area contributed by atoms with Gasteiger partial charge in [0.2, 0.25) is 5.91 Å². The number of para-hydroxylation sites is 1. The van der Waals surface area contributed by atoms with Crippen molar-refractivity contribution in [3.8, 4) is 5.75 Å². The zero-order chi connectivity index (χ0) is 17.5. The summed E-state index contributed by atoms with van der Waals surface area (Å²) in [5, 5.41) is 3.10. The molecule has 0 saturated carbocycles. The highest BCUT2D eigenvalue weighted by Crippen LogP contribution is 2.23. The summed E-state index contributed by atoms with van der Waals surface area (Å²) in [5.74, 6) is 1.49. The van der Waals surface area contributed by atoms with E-state index >= 15 is 0 Å². The number of amides is 1. The molecule has 132 valence electrons. The topological polar surface area (TPSA) is 41.6 Å². The molecule has 2 aromatic carbocycles. The summed E-state index contributed by atoms with van der Waals surface area (Å²) in [6.07, 6.45) is 2.39. The van der Waals surface area contributed by atoms with Crippen LogP contribution in [0.25, 0.3) is 0 Å². The first-order valence-electron chi connectivity index (χ1n) is 8.94. The molecule has 1 aliphatic rings. The molecular formula is C21H26N2O2. The van der Waals surface area contributed by atoms with Crippen LogP contribution in [-0.4, -0.2) is 32.7 Å². The molecular weight excluding hydrogens is 312 g/mol. The van der Waals surface area contributed by atoms with Gasteiger partial charge in [-0.1, -0.05) is 30.3 Å². The number of carbonyl (C=O) groups excluding carboxylic acids is 1. The molecule has 3 rings (SSSR count). The third-order valence-corrected chi connectivity index (χ3v) is 4.77. The monoisotopic (exact) mass is 338 g/mol. The molecule has 4 nitrogen and oxygen atoms in total. The van der Waals surface area contributed by atoms with Crippen molar-refractivity contribution in [2.24, 2.45) is 5.92 Å². The van der Waals surface area contributed by atoms with E-state index < -0.39 is 0 Å². The van der Waals surface area contributed by atoms with E-state index in [1.165, 1.54) is 5.69 Å².